The third kappa shape index (κ3) is 8.60. The van der Waals surface area contributed by atoms with Gasteiger partial charge in [0.15, 0.2) is 5.78 Å². The first kappa shape index (κ1) is 38.7. The summed E-state index contributed by atoms with van der Waals surface area (Å²) >= 11 is 0. The smallest absolute Gasteiger partial charge is 0.164 e. The fourth-order valence-electron chi connectivity index (χ4n) is 5.80. The van der Waals surface area contributed by atoms with E-state index in [2.05, 4.69) is 125 Å². The molecule has 1 N–H and O–H groups in total. The first-order valence-electron chi connectivity index (χ1n) is 17.4. The molecule has 0 atom stereocenters. The molecule has 0 spiro atoms. The van der Waals surface area contributed by atoms with Crippen molar-refractivity contribution in [2.45, 2.75) is 81.1 Å². The van der Waals surface area contributed by atoms with E-state index in [0.29, 0.717) is 11.8 Å². The molecule has 1 radical (unpaired) electrons. The van der Waals surface area contributed by atoms with Crippen LogP contribution in [0.4, 0.5) is 0 Å². The number of carbonyl (C=O) groups is 1. The first-order chi connectivity index (χ1) is 23.0. The zero-order valence-electron chi connectivity index (χ0n) is 31.1. The Balaban J connectivity index is 0.000000345. The molecule has 6 rings (SSSR count). The van der Waals surface area contributed by atoms with Crippen molar-refractivity contribution in [3.8, 4) is 22.4 Å². The summed E-state index contributed by atoms with van der Waals surface area (Å²) in [5.41, 5.74) is 6.43. The first-order valence-corrected chi connectivity index (χ1v) is 17.4. The number of nitrogens with zero attached hydrogens (tertiary/aromatic N) is 1. The summed E-state index contributed by atoms with van der Waals surface area (Å²) in [7, 11) is 0. The molecule has 4 heteroatoms. The molecule has 261 valence electrons. The second-order valence-corrected chi connectivity index (χ2v) is 15.8. The Hall–Kier alpha value is -4.11. The molecule has 0 saturated carbocycles. The average Bonchev–Trinajstić information content (AvgIpc) is 3.06. The number of hydrogen-bond acceptors (Lipinski definition) is 3. The van der Waals surface area contributed by atoms with E-state index in [4.69, 9.17) is 4.98 Å². The van der Waals surface area contributed by atoms with Crippen LogP contribution in [0.1, 0.15) is 92.2 Å². The number of hydrogen-bond donors (Lipinski definition) is 1. The Morgan fingerprint density at radius 2 is 1.38 bits per heavy atom. The molecule has 0 amide bonds. The molecule has 6 aromatic rings. The molecular weight excluding hydrogens is 791 g/mol. The molecule has 0 aliphatic heterocycles. The van der Waals surface area contributed by atoms with E-state index < -0.39 is 5.41 Å². The van der Waals surface area contributed by atoms with Crippen LogP contribution < -0.4 is 0 Å². The number of aliphatic hydroxyl groups excluding tert-OH is 1. The van der Waals surface area contributed by atoms with Gasteiger partial charge in [-0.3, -0.25) is 4.79 Å². The fourth-order valence-corrected chi connectivity index (χ4v) is 5.80. The van der Waals surface area contributed by atoms with Gasteiger partial charge >= 0.3 is 0 Å². The molecule has 0 aliphatic rings. The third-order valence-corrected chi connectivity index (χ3v) is 9.09. The maximum Gasteiger partial charge on any atom is 0.164 e. The molecule has 0 bridgehead atoms. The van der Waals surface area contributed by atoms with Crippen LogP contribution in [-0.2, 0) is 24.9 Å². The Labute approximate surface area is 312 Å². The summed E-state index contributed by atoms with van der Waals surface area (Å²) in [6.07, 6.45) is 3.28. The van der Waals surface area contributed by atoms with Crippen molar-refractivity contribution in [2.75, 3.05) is 0 Å². The van der Waals surface area contributed by atoms with E-state index in [-0.39, 0.29) is 37.1 Å². The summed E-state index contributed by atoms with van der Waals surface area (Å²) in [5.74, 6) is 0.984. The van der Waals surface area contributed by atoms with Gasteiger partial charge in [-0.15, -0.1) is 34.9 Å². The molecule has 0 aliphatic carbocycles. The predicted molar refractivity (Wildman–Crippen MR) is 209 cm³/mol. The van der Waals surface area contributed by atoms with Crippen molar-refractivity contribution < 1.29 is 30.0 Å². The van der Waals surface area contributed by atoms with Gasteiger partial charge in [0.25, 0.3) is 0 Å². The Morgan fingerprint density at radius 3 is 2.04 bits per heavy atom. The van der Waals surface area contributed by atoms with Gasteiger partial charge in [-0.25, -0.2) is 0 Å². The Morgan fingerprint density at radius 1 is 0.700 bits per heavy atom. The number of ketones is 1. The number of benzene rings is 5. The van der Waals surface area contributed by atoms with Gasteiger partial charge in [0.05, 0.1) is 0 Å². The van der Waals surface area contributed by atoms with Crippen LogP contribution in [0.15, 0.2) is 109 Å². The van der Waals surface area contributed by atoms with Crippen molar-refractivity contribution in [2.24, 2.45) is 10.8 Å². The van der Waals surface area contributed by atoms with Gasteiger partial charge in [-0.2, -0.15) is 0 Å². The van der Waals surface area contributed by atoms with Gasteiger partial charge in [0.1, 0.15) is 5.76 Å². The van der Waals surface area contributed by atoms with Gasteiger partial charge in [-0.1, -0.05) is 136 Å². The molecule has 0 unspecified atom stereocenters. The maximum atomic E-state index is 11.5. The number of fused-ring (bicyclic) bond motifs is 4. The number of aliphatic hydroxyl groups is 1. The van der Waals surface area contributed by atoms with Crippen LogP contribution in [0.3, 0.4) is 0 Å². The van der Waals surface area contributed by atoms with Crippen molar-refractivity contribution in [1.29, 1.82) is 0 Å². The number of rotatable bonds is 5. The van der Waals surface area contributed by atoms with Crippen molar-refractivity contribution >= 4 is 38.1 Å². The molecule has 3 nitrogen and oxygen atoms in total. The second kappa shape index (κ2) is 15.4. The van der Waals surface area contributed by atoms with Gasteiger partial charge in [0.2, 0.25) is 0 Å². The monoisotopic (exact) mass is 841 g/mol. The van der Waals surface area contributed by atoms with Crippen molar-refractivity contribution in [3.63, 3.8) is 0 Å². The van der Waals surface area contributed by atoms with Crippen LogP contribution in [0, 0.1) is 16.9 Å². The number of aromatic nitrogens is 1. The minimum Gasteiger partial charge on any atom is -0.512 e. The van der Waals surface area contributed by atoms with Gasteiger partial charge in [-0.05, 0) is 73.1 Å². The minimum atomic E-state index is -0.417. The molecule has 50 heavy (non-hydrogen) atoms. The molecule has 0 fully saturated rings. The summed E-state index contributed by atoms with van der Waals surface area (Å²) in [4.78, 5) is 16.3. The predicted octanol–water partition coefficient (Wildman–Crippen LogP) is 13.0. The van der Waals surface area contributed by atoms with E-state index in [9.17, 15) is 9.90 Å². The van der Waals surface area contributed by atoms with Crippen molar-refractivity contribution in [3.05, 3.63) is 126 Å². The van der Waals surface area contributed by atoms with Crippen molar-refractivity contribution in [1.82, 2.24) is 4.98 Å². The SMILES string of the molecule is CC(C)(C)C(=O)/C=C(\O)C(C)(C)C.CC(C)c1[c-]c(-c2nccc3c2ccc2cc(-c4cccc5ccccc45)ccc23)cc(C(C)C)c1.[Ir]. The van der Waals surface area contributed by atoms with Crippen LogP contribution in [-0.4, -0.2) is 15.9 Å². The second-order valence-electron chi connectivity index (χ2n) is 15.8. The molecule has 0 saturated heterocycles. The van der Waals surface area contributed by atoms with E-state index in [1.54, 1.807) is 0 Å². The largest absolute Gasteiger partial charge is 0.512 e. The minimum absolute atomic E-state index is 0. The third-order valence-electron chi connectivity index (χ3n) is 9.09. The van der Waals surface area contributed by atoms with E-state index in [0.717, 1.165) is 11.3 Å². The Bertz CT molecular complexity index is 2150. The summed E-state index contributed by atoms with van der Waals surface area (Å²) in [6.45, 7) is 20.1. The zero-order chi connectivity index (χ0) is 35.7. The number of allylic oxidation sites excluding steroid dienone is 2. The van der Waals surface area contributed by atoms with Crippen LogP contribution in [0.2, 0.25) is 0 Å². The fraction of sp³-hybridized carbons (Fsp3) is 0.304. The Kier molecular flexibility index (Phi) is 11.9. The quantitative estimate of drug-likeness (QED) is 0.0814. The molecular formula is C46H50IrNO2-. The normalized spacial score (nSPS) is 12.3. The standard InChI is InChI=1S/C35H30N.C11H20O2.Ir/c1-22(2)27-19-28(23(3)4)21-29(20-27)35-34-15-13-26-18-25(12-14-32(26)33(34)16-17-36-35)31-11-7-9-24-8-5-6-10-30(24)31;1-10(2,3)8(12)7-9(13)11(4,5)6;/h5-20,22-23H,1-4H3;7,12H,1-6H3;/q-1;;/b;8-7-;. The summed E-state index contributed by atoms with van der Waals surface area (Å²) in [5, 5.41) is 17.0. The van der Waals surface area contributed by atoms with E-state index in [1.807, 2.05) is 47.7 Å². The van der Waals surface area contributed by atoms with Crippen LogP contribution in [0.25, 0.3) is 54.7 Å². The van der Waals surface area contributed by atoms with Gasteiger partial charge < -0.3 is 10.1 Å². The number of carbonyl (C=O) groups excluding carboxylic acids is 1. The van der Waals surface area contributed by atoms with E-state index >= 15 is 0 Å². The zero-order valence-corrected chi connectivity index (χ0v) is 33.5. The molecule has 1 aromatic heterocycles. The van der Waals surface area contributed by atoms with E-state index in [1.165, 1.54) is 60.6 Å². The topological polar surface area (TPSA) is 50.2 Å². The average molecular weight is 841 g/mol. The molecule has 5 aromatic carbocycles. The van der Waals surface area contributed by atoms with Crippen LogP contribution >= 0.6 is 0 Å². The summed E-state index contributed by atoms with van der Waals surface area (Å²) < 4.78 is 0. The molecule has 1 heterocycles. The maximum absolute atomic E-state index is 11.5. The van der Waals surface area contributed by atoms with Crippen LogP contribution in [0.5, 0.6) is 0 Å². The number of pyridine rings is 1. The van der Waals surface area contributed by atoms with Gasteiger partial charge in [0, 0.05) is 43.2 Å². The summed E-state index contributed by atoms with van der Waals surface area (Å²) in [6, 6.07) is 36.9.